The van der Waals surface area contributed by atoms with Gasteiger partial charge in [-0.15, -0.1) is 0 Å². The van der Waals surface area contributed by atoms with E-state index in [1.165, 1.54) is 51.4 Å². The van der Waals surface area contributed by atoms with E-state index in [-0.39, 0.29) is 23.0 Å². The van der Waals surface area contributed by atoms with Gasteiger partial charge in [-0.05, 0) is 147 Å². The zero-order valence-electron chi connectivity index (χ0n) is 44.2. The standard InChI is InChI=1S/C65H71F3N2O5/c1-6-7-8-11-44-16-18-45(19-17-44)46-20-22-47(23-21-46)62(71)74-52-32-28-50(29-33-52)69-36-38-70(39-37-69)58-41-55-56(40-43(58)3)61-54(60-59(55)53-12-9-10-13-57(53)64(60,73-5)65(66,67)68)34-35-63(75-61,48-24-14-42(2)15-25-48)49-26-30-51(72-4)31-27-49/h9-10,12-15,24-35,40-41,44-47H,6-8,11,16-23,36-39H2,1-5H3. The summed E-state index contributed by atoms with van der Waals surface area (Å²) in [5.74, 6) is 3.97. The van der Waals surface area contributed by atoms with E-state index in [1.807, 2.05) is 91.9 Å². The third-order valence-electron chi connectivity index (χ3n) is 17.9. The number of rotatable bonds is 13. The highest BCUT2D eigenvalue weighted by molar-refractivity contribution is 6.10. The van der Waals surface area contributed by atoms with Crippen molar-refractivity contribution in [2.24, 2.45) is 23.7 Å². The van der Waals surface area contributed by atoms with E-state index in [1.54, 1.807) is 31.4 Å². The van der Waals surface area contributed by atoms with Crippen LogP contribution in [0.2, 0.25) is 0 Å². The second-order valence-corrected chi connectivity index (χ2v) is 22.1. The zero-order chi connectivity index (χ0) is 52.1. The summed E-state index contributed by atoms with van der Waals surface area (Å²) >= 11 is 0. The van der Waals surface area contributed by atoms with E-state index >= 15 is 13.2 Å². The van der Waals surface area contributed by atoms with Crippen LogP contribution in [-0.2, 0) is 20.7 Å². The molecule has 7 nitrogen and oxygen atoms in total. The van der Waals surface area contributed by atoms with Gasteiger partial charge in [0.05, 0.1) is 13.0 Å². The van der Waals surface area contributed by atoms with Gasteiger partial charge >= 0.3 is 12.1 Å². The van der Waals surface area contributed by atoms with Gasteiger partial charge in [-0.2, -0.15) is 13.2 Å². The van der Waals surface area contributed by atoms with Crippen molar-refractivity contribution in [3.63, 3.8) is 0 Å². The van der Waals surface area contributed by atoms with E-state index in [9.17, 15) is 4.79 Å². The van der Waals surface area contributed by atoms with Crippen molar-refractivity contribution in [2.45, 2.75) is 115 Å². The van der Waals surface area contributed by atoms with Gasteiger partial charge in [0.1, 0.15) is 17.2 Å². The van der Waals surface area contributed by atoms with E-state index in [0.717, 1.165) is 103 Å². The van der Waals surface area contributed by atoms with Crippen LogP contribution in [0.1, 0.15) is 123 Å². The molecule has 1 saturated heterocycles. The summed E-state index contributed by atoms with van der Waals surface area (Å²) in [5.41, 5.74) is 3.16. The number of unbranched alkanes of at least 4 members (excludes halogenated alkanes) is 2. The SMILES string of the molecule is CCCCCC1CCC(C2CCC(C(=O)Oc3ccc(N4CCN(c5cc6c7c(c8c(c6cc5C)OC(c5ccc(C)cc5)(c5ccc(OC)cc5)C=C8)C(OC)(C(F)(F)F)c5ccccc5-7)CC4)cc3)CC2)CC1. The third-order valence-corrected chi connectivity index (χ3v) is 17.9. The van der Waals surface area contributed by atoms with Crippen molar-refractivity contribution in [2.75, 3.05) is 50.2 Å². The number of aryl methyl sites for hydroxylation is 2. The van der Waals surface area contributed by atoms with Crippen molar-refractivity contribution >= 4 is 34.2 Å². The topological polar surface area (TPSA) is 60.5 Å². The molecule has 2 atom stereocenters. The molecule has 2 heterocycles. The second-order valence-electron chi connectivity index (χ2n) is 22.1. The monoisotopic (exact) mass is 1020 g/mol. The maximum Gasteiger partial charge on any atom is 0.426 e. The number of esters is 1. The fourth-order valence-electron chi connectivity index (χ4n) is 13.7. The Morgan fingerprint density at radius 1 is 0.720 bits per heavy atom. The fraction of sp³-hybridized carbons (Fsp3) is 0.431. The maximum absolute atomic E-state index is 16.2. The molecule has 0 spiro atoms. The first-order chi connectivity index (χ1) is 36.3. The van der Waals surface area contributed by atoms with Crippen LogP contribution in [-0.4, -0.2) is 52.5 Å². The Hall–Kier alpha value is -6.26. The summed E-state index contributed by atoms with van der Waals surface area (Å²) < 4.78 is 73.3. The van der Waals surface area contributed by atoms with Crippen molar-refractivity contribution in [1.82, 2.24) is 0 Å². The van der Waals surface area contributed by atoms with Crippen molar-refractivity contribution in [1.29, 1.82) is 0 Å². The number of alkyl halides is 3. The zero-order valence-corrected chi connectivity index (χ0v) is 44.2. The molecule has 0 radical (unpaired) electrons. The highest BCUT2D eigenvalue weighted by atomic mass is 19.4. The Kier molecular flexibility index (Phi) is 14.0. The summed E-state index contributed by atoms with van der Waals surface area (Å²) in [6.07, 6.45) is 13.9. The smallest absolute Gasteiger partial charge is 0.426 e. The van der Waals surface area contributed by atoms with E-state index in [2.05, 4.69) is 35.8 Å². The average molecular weight is 1020 g/mol. The number of anilines is 2. The Morgan fingerprint density at radius 2 is 1.35 bits per heavy atom. The van der Waals surface area contributed by atoms with Crippen LogP contribution in [0.4, 0.5) is 24.5 Å². The van der Waals surface area contributed by atoms with Crippen LogP contribution in [0.15, 0.2) is 115 Å². The van der Waals surface area contributed by atoms with E-state index in [4.69, 9.17) is 18.9 Å². The number of benzene rings is 6. The molecular weight excluding hydrogens is 946 g/mol. The molecule has 0 bridgehead atoms. The van der Waals surface area contributed by atoms with Crippen LogP contribution in [0.25, 0.3) is 28.0 Å². The first-order valence-electron chi connectivity index (χ1n) is 27.6. The molecule has 2 aliphatic heterocycles. The van der Waals surface area contributed by atoms with Crippen molar-refractivity contribution < 1.29 is 36.9 Å². The molecule has 0 N–H and O–H groups in total. The van der Waals surface area contributed by atoms with Crippen molar-refractivity contribution in [3.8, 4) is 28.4 Å². The third kappa shape index (κ3) is 9.16. The maximum atomic E-state index is 16.2. The molecule has 6 aromatic rings. The lowest BCUT2D eigenvalue weighted by molar-refractivity contribution is -0.256. The number of nitrogens with zero attached hydrogens (tertiary/aromatic N) is 2. The molecule has 11 rings (SSSR count). The minimum Gasteiger partial charge on any atom is -0.497 e. The highest BCUT2D eigenvalue weighted by Gasteiger charge is 2.64. The Bertz CT molecular complexity index is 3050. The fourth-order valence-corrected chi connectivity index (χ4v) is 13.7. The van der Waals surface area contributed by atoms with Crippen molar-refractivity contribution in [3.05, 3.63) is 154 Å². The molecule has 6 aromatic carbocycles. The lowest BCUT2D eigenvalue weighted by Gasteiger charge is -2.40. The number of halogens is 3. The number of carbonyl (C=O) groups excluding carboxylic acids is 1. The minimum atomic E-state index is -4.82. The summed E-state index contributed by atoms with van der Waals surface area (Å²) in [6, 6.07) is 34.6. The molecule has 75 heavy (non-hydrogen) atoms. The van der Waals surface area contributed by atoms with Crippen LogP contribution in [0.5, 0.6) is 17.2 Å². The van der Waals surface area contributed by atoms with Gasteiger partial charge in [-0.1, -0.05) is 118 Å². The average Bonchev–Trinajstić information content (AvgIpc) is 3.78. The number of ether oxygens (including phenoxy) is 4. The summed E-state index contributed by atoms with van der Waals surface area (Å²) in [4.78, 5) is 18.1. The predicted molar refractivity (Wildman–Crippen MR) is 294 cm³/mol. The number of hydrogen-bond donors (Lipinski definition) is 0. The van der Waals surface area contributed by atoms with Gasteiger partial charge in [0, 0.05) is 77.9 Å². The largest absolute Gasteiger partial charge is 0.497 e. The Balaban J connectivity index is 0.847. The highest BCUT2D eigenvalue weighted by Crippen LogP contribution is 2.63. The molecule has 3 fully saturated rings. The molecule has 2 saturated carbocycles. The van der Waals surface area contributed by atoms with Gasteiger partial charge in [0.2, 0.25) is 5.60 Å². The number of hydrogen-bond acceptors (Lipinski definition) is 7. The van der Waals surface area contributed by atoms with Crippen LogP contribution >= 0.6 is 0 Å². The molecular formula is C65H71F3N2O5. The number of fused-ring (bicyclic) bond motifs is 8. The van der Waals surface area contributed by atoms with Gasteiger partial charge in [0.25, 0.3) is 0 Å². The van der Waals surface area contributed by atoms with Gasteiger partial charge in [-0.25, -0.2) is 0 Å². The van der Waals surface area contributed by atoms with E-state index in [0.29, 0.717) is 52.4 Å². The Labute approximate surface area is 441 Å². The summed E-state index contributed by atoms with van der Waals surface area (Å²) in [7, 11) is 2.77. The van der Waals surface area contributed by atoms with E-state index < -0.39 is 17.4 Å². The number of methoxy groups -OCH3 is 2. The lowest BCUT2D eigenvalue weighted by Crippen LogP contribution is -2.46. The predicted octanol–water partition coefficient (Wildman–Crippen LogP) is 15.7. The summed E-state index contributed by atoms with van der Waals surface area (Å²) in [6.45, 7) is 9.21. The molecule has 10 heteroatoms. The molecule has 5 aliphatic rings. The normalized spacial score (nSPS) is 24.3. The van der Waals surface area contributed by atoms with Crippen LogP contribution in [0, 0.1) is 37.5 Å². The van der Waals surface area contributed by atoms with Crippen LogP contribution in [0.3, 0.4) is 0 Å². The molecule has 0 aromatic heterocycles. The molecule has 2 unspecified atom stereocenters. The van der Waals surface area contributed by atoms with Gasteiger partial charge in [0.15, 0.2) is 5.60 Å². The quantitative estimate of drug-likeness (QED) is 0.0649. The molecule has 0 amide bonds. The number of piperazine rings is 1. The Morgan fingerprint density at radius 3 is 1.99 bits per heavy atom. The minimum absolute atomic E-state index is 0.0338. The second kappa shape index (κ2) is 20.7. The number of carbonyl (C=O) groups is 1. The van der Waals surface area contributed by atoms with Crippen LogP contribution < -0.4 is 24.0 Å². The lowest BCUT2D eigenvalue weighted by atomic mass is 9.68. The van der Waals surface area contributed by atoms with Gasteiger partial charge in [-0.3, -0.25) is 4.79 Å². The molecule has 3 aliphatic carbocycles. The van der Waals surface area contributed by atoms with Gasteiger partial charge < -0.3 is 28.7 Å². The summed E-state index contributed by atoms with van der Waals surface area (Å²) in [5, 5.41) is 1.39. The first-order valence-corrected chi connectivity index (χ1v) is 27.6. The first kappa shape index (κ1) is 50.9. The molecule has 392 valence electrons.